The van der Waals surface area contributed by atoms with Crippen LogP contribution in [-0.2, 0) is 0 Å². The Kier molecular flexibility index (Phi) is 3.14. The van der Waals surface area contributed by atoms with Crippen molar-refractivity contribution in [3.63, 3.8) is 0 Å². The molecular weight excluding hydrogens is 216 g/mol. The molecule has 0 aliphatic carbocycles. The quantitative estimate of drug-likeness (QED) is 0.880. The van der Waals surface area contributed by atoms with E-state index in [1.165, 1.54) is 0 Å². The summed E-state index contributed by atoms with van der Waals surface area (Å²) in [6.07, 6.45) is 3.73. The zero-order chi connectivity index (χ0) is 12.3. The second kappa shape index (κ2) is 4.74. The van der Waals surface area contributed by atoms with Crippen LogP contribution in [0.2, 0.25) is 0 Å². The summed E-state index contributed by atoms with van der Waals surface area (Å²) in [5, 5.41) is 3.85. The van der Waals surface area contributed by atoms with Crippen molar-refractivity contribution in [2.75, 3.05) is 12.8 Å². The molecule has 0 unspecified atom stereocenters. The lowest BCUT2D eigenvalue weighted by molar-refractivity contribution is 0.397. The van der Waals surface area contributed by atoms with Crippen molar-refractivity contribution in [3.05, 3.63) is 41.3 Å². The Hall–Kier alpha value is -2.23. The van der Waals surface area contributed by atoms with Crippen LogP contribution in [0.1, 0.15) is 17.0 Å². The van der Waals surface area contributed by atoms with E-state index in [-0.39, 0.29) is 0 Å². The predicted octanol–water partition coefficient (Wildman–Crippen LogP) is 2.74. The van der Waals surface area contributed by atoms with Gasteiger partial charge in [-0.15, -0.1) is 0 Å². The van der Waals surface area contributed by atoms with E-state index in [9.17, 15) is 0 Å². The Balaban J connectivity index is 2.22. The number of hydrogen-bond acceptors (Lipinski definition) is 4. The molecule has 0 aliphatic rings. The fourth-order valence-corrected chi connectivity index (χ4v) is 1.44. The molecule has 1 aromatic carbocycles. The molecule has 88 valence electrons. The number of aryl methyl sites for hydroxylation is 1. The zero-order valence-corrected chi connectivity index (χ0v) is 9.81. The minimum atomic E-state index is 0.573. The zero-order valence-electron chi connectivity index (χ0n) is 9.81. The summed E-state index contributed by atoms with van der Waals surface area (Å²) in [6.45, 7) is 1.78. The minimum Gasteiger partial charge on any atom is -0.497 e. The molecule has 0 saturated heterocycles. The molecule has 2 rings (SSSR count). The molecule has 2 N–H and O–H groups in total. The highest BCUT2D eigenvalue weighted by atomic mass is 16.5. The Labute approximate surface area is 99.7 Å². The molecule has 0 aliphatic heterocycles. The number of benzene rings is 1. The Morgan fingerprint density at radius 1 is 1.35 bits per heavy atom. The Morgan fingerprint density at radius 3 is 2.82 bits per heavy atom. The first-order valence-electron chi connectivity index (χ1n) is 5.24. The lowest BCUT2D eigenvalue weighted by Crippen LogP contribution is -1.87. The first-order valence-corrected chi connectivity index (χ1v) is 5.24. The van der Waals surface area contributed by atoms with Crippen molar-refractivity contribution in [1.29, 1.82) is 0 Å². The number of methoxy groups -OCH3 is 1. The Bertz CT molecular complexity index is 544. The maximum atomic E-state index is 5.79. The van der Waals surface area contributed by atoms with Crippen LogP contribution in [0.25, 0.3) is 12.2 Å². The maximum Gasteiger partial charge on any atom is 0.157 e. The van der Waals surface area contributed by atoms with Gasteiger partial charge in [0.2, 0.25) is 0 Å². The van der Waals surface area contributed by atoms with Gasteiger partial charge in [-0.1, -0.05) is 23.4 Å². The molecule has 0 fully saturated rings. The van der Waals surface area contributed by atoms with E-state index in [1.54, 1.807) is 14.0 Å². The van der Waals surface area contributed by atoms with Gasteiger partial charge in [-0.2, -0.15) is 0 Å². The standard InChI is InChI=1S/C13H14N2O2/c1-9-13(14)12(15-17-9)7-6-10-4-3-5-11(8-10)16-2/h3-8H,14H2,1-2H3/b7-6+. The smallest absolute Gasteiger partial charge is 0.157 e. The maximum absolute atomic E-state index is 5.79. The molecule has 0 saturated carbocycles. The van der Waals surface area contributed by atoms with Gasteiger partial charge in [0.1, 0.15) is 17.1 Å². The van der Waals surface area contributed by atoms with Gasteiger partial charge in [0, 0.05) is 0 Å². The molecule has 0 atom stereocenters. The number of rotatable bonds is 3. The van der Waals surface area contributed by atoms with E-state index in [0.717, 1.165) is 11.3 Å². The van der Waals surface area contributed by atoms with Gasteiger partial charge < -0.3 is 15.0 Å². The number of nitrogens with zero attached hydrogens (tertiary/aromatic N) is 1. The minimum absolute atomic E-state index is 0.573. The number of aromatic nitrogens is 1. The lowest BCUT2D eigenvalue weighted by Gasteiger charge is -1.99. The highest BCUT2D eigenvalue weighted by Crippen LogP contribution is 2.19. The summed E-state index contributed by atoms with van der Waals surface area (Å²) in [4.78, 5) is 0. The molecule has 0 radical (unpaired) electrons. The predicted molar refractivity (Wildman–Crippen MR) is 67.6 cm³/mol. The van der Waals surface area contributed by atoms with E-state index in [0.29, 0.717) is 17.1 Å². The largest absolute Gasteiger partial charge is 0.497 e. The van der Waals surface area contributed by atoms with Crippen LogP contribution in [0.15, 0.2) is 28.8 Å². The molecular formula is C13H14N2O2. The number of nitrogens with two attached hydrogens (primary N) is 1. The summed E-state index contributed by atoms with van der Waals surface area (Å²) in [6, 6.07) is 7.73. The van der Waals surface area contributed by atoms with Crippen molar-refractivity contribution >= 4 is 17.8 Å². The first kappa shape index (κ1) is 11.3. The molecule has 0 spiro atoms. The van der Waals surface area contributed by atoms with Crippen LogP contribution in [0, 0.1) is 6.92 Å². The monoisotopic (exact) mass is 230 g/mol. The summed E-state index contributed by atoms with van der Waals surface area (Å²) in [7, 11) is 1.64. The highest BCUT2D eigenvalue weighted by Gasteiger charge is 2.04. The van der Waals surface area contributed by atoms with Crippen molar-refractivity contribution in [3.8, 4) is 5.75 Å². The fourth-order valence-electron chi connectivity index (χ4n) is 1.44. The second-order valence-electron chi connectivity index (χ2n) is 3.65. The molecule has 4 heteroatoms. The third kappa shape index (κ3) is 2.47. The van der Waals surface area contributed by atoms with Gasteiger partial charge in [0.25, 0.3) is 0 Å². The SMILES string of the molecule is COc1cccc(/C=C/c2noc(C)c2N)c1. The average molecular weight is 230 g/mol. The van der Waals surface area contributed by atoms with Gasteiger partial charge in [-0.05, 0) is 30.7 Å². The van der Waals surface area contributed by atoms with Crippen molar-refractivity contribution in [2.24, 2.45) is 0 Å². The van der Waals surface area contributed by atoms with Gasteiger partial charge >= 0.3 is 0 Å². The summed E-state index contributed by atoms with van der Waals surface area (Å²) in [5.41, 5.74) is 8.03. The van der Waals surface area contributed by atoms with E-state index in [2.05, 4.69) is 5.16 Å². The van der Waals surface area contributed by atoms with Gasteiger partial charge in [0.15, 0.2) is 5.76 Å². The fraction of sp³-hybridized carbons (Fsp3) is 0.154. The Morgan fingerprint density at radius 2 is 2.18 bits per heavy atom. The van der Waals surface area contributed by atoms with Crippen LogP contribution < -0.4 is 10.5 Å². The van der Waals surface area contributed by atoms with Crippen LogP contribution in [0.5, 0.6) is 5.75 Å². The average Bonchev–Trinajstić information content (AvgIpc) is 2.68. The van der Waals surface area contributed by atoms with Crippen LogP contribution in [0.3, 0.4) is 0 Å². The molecule has 1 aromatic heterocycles. The highest BCUT2D eigenvalue weighted by molar-refractivity contribution is 5.74. The van der Waals surface area contributed by atoms with E-state index in [4.69, 9.17) is 15.0 Å². The summed E-state index contributed by atoms with van der Waals surface area (Å²) in [5.74, 6) is 1.45. The van der Waals surface area contributed by atoms with Crippen molar-refractivity contribution in [2.45, 2.75) is 6.92 Å². The normalized spacial score (nSPS) is 10.9. The molecule has 4 nitrogen and oxygen atoms in total. The van der Waals surface area contributed by atoms with Crippen LogP contribution in [0.4, 0.5) is 5.69 Å². The van der Waals surface area contributed by atoms with Crippen molar-refractivity contribution in [1.82, 2.24) is 5.16 Å². The molecule has 0 amide bonds. The van der Waals surface area contributed by atoms with Gasteiger partial charge in [-0.3, -0.25) is 0 Å². The third-order valence-corrected chi connectivity index (χ3v) is 2.46. The van der Waals surface area contributed by atoms with Crippen LogP contribution >= 0.6 is 0 Å². The topological polar surface area (TPSA) is 61.3 Å². The number of ether oxygens (including phenoxy) is 1. The first-order chi connectivity index (χ1) is 8.20. The lowest BCUT2D eigenvalue weighted by atomic mass is 10.2. The third-order valence-electron chi connectivity index (χ3n) is 2.46. The molecule has 2 aromatic rings. The van der Waals surface area contributed by atoms with E-state index in [1.807, 2.05) is 36.4 Å². The number of nitrogen functional groups attached to an aromatic ring is 1. The van der Waals surface area contributed by atoms with Crippen molar-refractivity contribution < 1.29 is 9.26 Å². The summed E-state index contributed by atoms with van der Waals surface area (Å²) < 4.78 is 10.1. The van der Waals surface area contributed by atoms with E-state index < -0.39 is 0 Å². The van der Waals surface area contributed by atoms with Gasteiger partial charge in [0.05, 0.1) is 7.11 Å². The van der Waals surface area contributed by atoms with Gasteiger partial charge in [-0.25, -0.2) is 0 Å². The second-order valence-corrected chi connectivity index (χ2v) is 3.65. The van der Waals surface area contributed by atoms with Crippen LogP contribution in [-0.4, -0.2) is 12.3 Å². The van der Waals surface area contributed by atoms with E-state index >= 15 is 0 Å². The number of hydrogen-bond donors (Lipinski definition) is 1. The molecule has 17 heavy (non-hydrogen) atoms. The molecule has 1 heterocycles. The molecule has 0 bridgehead atoms. The summed E-state index contributed by atoms with van der Waals surface area (Å²) >= 11 is 0. The number of anilines is 1.